The Kier molecular flexibility index (Phi) is 4.37. The molecule has 0 radical (unpaired) electrons. The van der Waals surface area contributed by atoms with E-state index in [9.17, 15) is 9.59 Å². The molecule has 0 atom stereocenters. The first-order valence-electron chi connectivity index (χ1n) is 8.20. The molecule has 0 unspecified atom stereocenters. The topological polar surface area (TPSA) is 40.6 Å². The monoisotopic (exact) mass is 334 g/mol. The van der Waals surface area contributed by atoms with Gasteiger partial charge in [-0.15, -0.1) is 0 Å². The molecule has 2 amide bonds. The standard InChI is InChI=1S/C18H23ClN2O2/c1-20(2)16(22)13-6-10-21(11-7-13)17(23)18(8-9-18)14-4-3-5-15(19)12-14/h3-5,12-13H,6-11H2,1-2H3. The Labute approximate surface area is 142 Å². The van der Waals surface area contributed by atoms with Crippen molar-refractivity contribution in [3.63, 3.8) is 0 Å². The Balaban J connectivity index is 1.67. The summed E-state index contributed by atoms with van der Waals surface area (Å²) >= 11 is 6.09. The third kappa shape index (κ3) is 3.09. The molecule has 1 heterocycles. The van der Waals surface area contributed by atoms with Gasteiger partial charge in [-0.1, -0.05) is 23.7 Å². The number of halogens is 1. The summed E-state index contributed by atoms with van der Waals surface area (Å²) in [5.41, 5.74) is 0.657. The minimum absolute atomic E-state index is 0.0513. The van der Waals surface area contributed by atoms with Gasteiger partial charge in [0.2, 0.25) is 11.8 Å². The minimum Gasteiger partial charge on any atom is -0.349 e. The Hall–Kier alpha value is -1.55. The van der Waals surface area contributed by atoms with E-state index in [1.54, 1.807) is 19.0 Å². The summed E-state index contributed by atoms with van der Waals surface area (Å²) in [6.07, 6.45) is 3.30. The summed E-state index contributed by atoms with van der Waals surface area (Å²) in [5, 5.41) is 0.678. The number of amides is 2. The molecule has 23 heavy (non-hydrogen) atoms. The summed E-state index contributed by atoms with van der Waals surface area (Å²) < 4.78 is 0. The van der Waals surface area contributed by atoms with Crippen LogP contribution in [0.4, 0.5) is 0 Å². The molecule has 1 aromatic rings. The molecule has 0 N–H and O–H groups in total. The average molecular weight is 335 g/mol. The number of carbonyl (C=O) groups excluding carboxylic acids is 2. The fourth-order valence-corrected chi connectivity index (χ4v) is 3.72. The van der Waals surface area contributed by atoms with Crippen LogP contribution in [0.2, 0.25) is 5.02 Å². The van der Waals surface area contributed by atoms with Crippen molar-refractivity contribution in [2.24, 2.45) is 5.92 Å². The van der Waals surface area contributed by atoms with Crippen molar-refractivity contribution in [3.05, 3.63) is 34.9 Å². The lowest BCUT2D eigenvalue weighted by Gasteiger charge is -2.34. The molecule has 1 aromatic carbocycles. The normalized spacial score (nSPS) is 20.2. The van der Waals surface area contributed by atoms with Crippen molar-refractivity contribution in [1.29, 1.82) is 0 Å². The second-order valence-electron chi connectivity index (χ2n) is 6.89. The fourth-order valence-electron chi connectivity index (χ4n) is 3.53. The quantitative estimate of drug-likeness (QED) is 0.852. The summed E-state index contributed by atoms with van der Waals surface area (Å²) in [6, 6.07) is 7.66. The van der Waals surface area contributed by atoms with E-state index >= 15 is 0 Å². The lowest BCUT2D eigenvalue weighted by Crippen LogP contribution is -2.46. The predicted molar refractivity (Wildman–Crippen MR) is 90.4 cm³/mol. The molecule has 2 fully saturated rings. The van der Waals surface area contributed by atoms with Crippen LogP contribution in [-0.2, 0) is 15.0 Å². The maximum atomic E-state index is 13.0. The molecule has 5 heteroatoms. The highest BCUT2D eigenvalue weighted by Gasteiger charge is 2.53. The molecule has 1 aliphatic carbocycles. The zero-order valence-corrected chi connectivity index (χ0v) is 14.5. The average Bonchev–Trinajstić information content (AvgIpc) is 3.35. The van der Waals surface area contributed by atoms with Gasteiger partial charge in [0, 0.05) is 38.1 Å². The highest BCUT2D eigenvalue weighted by atomic mass is 35.5. The first-order valence-corrected chi connectivity index (χ1v) is 8.58. The van der Waals surface area contributed by atoms with E-state index in [2.05, 4.69) is 0 Å². The van der Waals surface area contributed by atoms with Gasteiger partial charge in [-0.2, -0.15) is 0 Å². The van der Waals surface area contributed by atoms with Crippen molar-refractivity contribution >= 4 is 23.4 Å². The van der Waals surface area contributed by atoms with Gasteiger partial charge in [-0.25, -0.2) is 0 Å². The van der Waals surface area contributed by atoms with Gasteiger partial charge in [0.1, 0.15) is 0 Å². The highest BCUT2D eigenvalue weighted by molar-refractivity contribution is 6.30. The minimum atomic E-state index is -0.372. The van der Waals surface area contributed by atoms with Gasteiger partial charge in [0.05, 0.1) is 5.41 Å². The highest BCUT2D eigenvalue weighted by Crippen LogP contribution is 2.50. The summed E-state index contributed by atoms with van der Waals surface area (Å²) in [4.78, 5) is 28.6. The largest absolute Gasteiger partial charge is 0.349 e. The molecule has 4 nitrogen and oxygen atoms in total. The SMILES string of the molecule is CN(C)C(=O)C1CCN(C(=O)C2(c3cccc(Cl)c3)CC2)CC1. The maximum Gasteiger partial charge on any atom is 0.233 e. The maximum absolute atomic E-state index is 13.0. The number of benzene rings is 1. The molecule has 1 aliphatic heterocycles. The first-order chi connectivity index (χ1) is 10.9. The number of hydrogen-bond donors (Lipinski definition) is 0. The fraction of sp³-hybridized carbons (Fsp3) is 0.556. The second kappa shape index (κ2) is 6.16. The van der Waals surface area contributed by atoms with E-state index in [0.29, 0.717) is 18.1 Å². The zero-order valence-electron chi connectivity index (χ0n) is 13.7. The lowest BCUT2D eigenvalue weighted by atomic mass is 9.91. The Morgan fingerprint density at radius 1 is 1.22 bits per heavy atom. The number of rotatable bonds is 3. The number of hydrogen-bond acceptors (Lipinski definition) is 2. The predicted octanol–water partition coefficient (Wildman–Crippen LogP) is 2.70. The van der Waals surface area contributed by atoms with Crippen LogP contribution in [0, 0.1) is 5.92 Å². The van der Waals surface area contributed by atoms with E-state index in [0.717, 1.165) is 31.2 Å². The van der Waals surface area contributed by atoms with Crippen molar-refractivity contribution in [2.75, 3.05) is 27.2 Å². The molecular weight excluding hydrogens is 312 g/mol. The molecular formula is C18H23ClN2O2. The summed E-state index contributed by atoms with van der Waals surface area (Å²) in [5.74, 6) is 0.430. The van der Waals surface area contributed by atoms with Crippen molar-refractivity contribution in [1.82, 2.24) is 9.80 Å². The van der Waals surface area contributed by atoms with Gasteiger partial charge >= 0.3 is 0 Å². The first kappa shape index (κ1) is 16.3. The summed E-state index contributed by atoms with van der Waals surface area (Å²) in [6.45, 7) is 1.34. The van der Waals surface area contributed by atoms with Gasteiger partial charge < -0.3 is 9.80 Å². The van der Waals surface area contributed by atoms with Gasteiger partial charge in [0.15, 0.2) is 0 Å². The Bertz CT molecular complexity index is 617. The number of piperidine rings is 1. The van der Waals surface area contributed by atoms with Crippen LogP contribution in [0.1, 0.15) is 31.2 Å². The van der Waals surface area contributed by atoms with Crippen LogP contribution >= 0.6 is 11.6 Å². The zero-order chi connectivity index (χ0) is 16.6. The van der Waals surface area contributed by atoms with Gasteiger partial charge in [0.25, 0.3) is 0 Å². The van der Waals surface area contributed by atoms with E-state index in [-0.39, 0.29) is 23.1 Å². The summed E-state index contributed by atoms with van der Waals surface area (Å²) in [7, 11) is 3.58. The van der Waals surface area contributed by atoms with E-state index in [4.69, 9.17) is 11.6 Å². The van der Waals surface area contributed by atoms with Crippen LogP contribution in [0.3, 0.4) is 0 Å². The second-order valence-corrected chi connectivity index (χ2v) is 7.33. The molecule has 1 saturated carbocycles. The van der Waals surface area contributed by atoms with Crippen molar-refractivity contribution in [2.45, 2.75) is 31.1 Å². The molecule has 3 rings (SSSR count). The van der Waals surface area contributed by atoms with Crippen molar-refractivity contribution in [3.8, 4) is 0 Å². The molecule has 0 spiro atoms. The number of carbonyl (C=O) groups is 2. The Morgan fingerprint density at radius 3 is 2.39 bits per heavy atom. The smallest absolute Gasteiger partial charge is 0.233 e. The van der Waals surface area contributed by atoms with Crippen molar-refractivity contribution < 1.29 is 9.59 Å². The van der Waals surface area contributed by atoms with E-state index in [1.165, 1.54) is 0 Å². The number of likely N-dealkylation sites (tertiary alicyclic amines) is 1. The third-order valence-corrected chi connectivity index (χ3v) is 5.34. The van der Waals surface area contributed by atoms with E-state index in [1.807, 2.05) is 29.2 Å². The van der Waals surface area contributed by atoms with Crippen LogP contribution in [0.5, 0.6) is 0 Å². The molecule has 1 saturated heterocycles. The Morgan fingerprint density at radius 2 is 1.87 bits per heavy atom. The van der Waals surface area contributed by atoms with E-state index < -0.39 is 0 Å². The van der Waals surface area contributed by atoms with Crippen LogP contribution in [0.25, 0.3) is 0 Å². The molecule has 124 valence electrons. The van der Waals surface area contributed by atoms with Crippen LogP contribution < -0.4 is 0 Å². The van der Waals surface area contributed by atoms with Gasteiger partial charge in [-0.05, 0) is 43.4 Å². The van der Waals surface area contributed by atoms with Crippen LogP contribution in [0.15, 0.2) is 24.3 Å². The van der Waals surface area contributed by atoms with Crippen LogP contribution in [-0.4, -0.2) is 48.8 Å². The third-order valence-electron chi connectivity index (χ3n) is 5.11. The molecule has 0 aromatic heterocycles. The molecule has 2 aliphatic rings. The lowest BCUT2D eigenvalue weighted by molar-refractivity contribution is -0.140. The molecule has 0 bridgehead atoms. The number of nitrogens with zero attached hydrogens (tertiary/aromatic N) is 2. The van der Waals surface area contributed by atoms with Gasteiger partial charge in [-0.3, -0.25) is 9.59 Å².